The fraction of sp³-hybridized carbons (Fsp3) is 0.308. The number of hydrogen-bond donors (Lipinski definition) is 1. The highest BCUT2D eigenvalue weighted by atomic mass is 35.5. The lowest BCUT2D eigenvalue weighted by atomic mass is 10.5. The molecule has 0 unspecified atom stereocenters. The van der Waals surface area contributed by atoms with E-state index in [1.54, 1.807) is 11.8 Å². The van der Waals surface area contributed by atoms with E-state index in [2.05, 4.69) is 16.2 Å². The van der Waals surface area contributed by atoms with E-state index < -0.39 is 0 Å². The highest BCUT2D eigenvalue weighted by Gasteiger charge is 2.01. The third-order valence-electron chi connectivity index (χ3n) is 2.38. The number of pyridine rings is 1. The minimum atomic E-state index is 0.713. The van der Waals surface area contributed by atoms with Gasteiger partial charge in [0.25, 0.3) is 0 Å². The summed E-state index contributed by atoms with van der Waals surface area (Å²) >= 11 is 7.67. The van der Waals surface area contributed by atoms with Crippen molar-refractivity contribution in [3.05, 3.63) is 35.2 Å². The summed E-state index contributed by atoms with van der Waals surface area (Å²) in [5, 5.41) is 4.05. The fourth-order valence-electron chi connectivity index (χ4n) is 1.59. The minimum absolute atomic E-state index is 0.713. The van der Waals surface area contributed by atoms with E-state index in [-0.39, 0.29) is 0 Å². The summed E-state index contributed by atoms with van der Waals surface area (Å²) in [7, 11) is 0. The van der Waals surface area contributed by atoms with Crippen molar-refractivity contribution in [1.82, 2.24) is 14.7 Å². The van der Waals surface area contributed by atoms with Crippen molar-refractivity contribution in [2.24, 2.45) is 0 Å². The number of rotatable bonds is 6. The van der Waals surface area contributed by atoms with Gasteiger partial charge >= 0.3 is 0 Å². The van der Waals surface area contributed by atoms with Gasteiger partial charge in [0.1, 0.15) is 5.65 Å². The Morgan fingerprint density at radius 3 is 3.17 bits per heavy atom. The van der Waals surface area contributed by atoms with Crippen LogP contribution in [-0.2, 0) is 6.54 Å². The first-order chi connectivity index (χ1) is 8.79. The lowest BCUT2D eigenvalue weighted by Gasteiger charge is -2.00. The number of nitrogens with zero attached hydrogens (tertiary/aromatic N) is 2. The molecule has 3 nitrogen and oxygen atoms in total. The van der Waals surface area contributed by atoms with Crippen LogP contribution in [0.2, 0.25) is 5.02 Å². The molecule has 0 aliphatic rings. The molecule has 1 N–H and O–H groups in total. The van der Waals surface area contributed by atoms with Crippen molar-refractivity contribution in [1.29, 1.82) is 0 Å². The van der Waals surface area contributed by atoms with E-state index in [9.17, 15) is 0 Å². The number of terminal acetylenes is 1. The number of aromatic nitrogens is 2. The molecule has 2 aromatic rings. The molecule has 2 heterocycles. The van der Waals surface area contributed by atoms with Gasteiger partial charge in [-0.3, -0.25) is 0 Å². The molecule has 0 saturated heterocycles. The SMILES string of the molecule is C#CCSCCNCc1cn2cc(Cl)ccc2n1. The quantitative estimate of drug-likeness (QED) is 0.651. The fourth-order valence-corrected chi connectivity index (χ4v) is 2.31. The predicted molar refractivity (Wildman–Crippen MR) is 78.1 cm³/mol. The maximum atomic E-state index is 5.92. The summed E-state index contributed by atoms with van der Waals surface area (Å²) in [4.78, 5) is 4.49. The van der Waals surface area contributed by atoms with Gasteiger partial charge in [-0.1, -0.05) is 17.5 Å². The summed E-state index contributed by atoms with van der Waals surface area (Å²) in [5.41, 5.74) is 1.93. The Labute approximate surface area is 116 Å². The number of imidazole rings is 1. The Hall–Kier alpha value is -1.15. The van der Waals surface area contributed by atoms with E-state index in [1.165, 1.54) is 0 Å². The molecule has 0 amide bonds. The predicted octanol–water partition coefficient (Wildman–Crippen LogP) is 2.44. The van der Waals surface area contributed by atoms with Gasteiger partial charge < -0.3 is 9.72 Å². The first-order valence-electron chi connectivity index (χ1n) is 5.64. The van der Waals surface area contributed by atoms with Crippen LogP contribution in [0, 0.1) is 12.3 Å². The number of nitrogens with one attached hydrogen (secondary N) is 1. The van der Waals surface area contributed by atoms with E-state index in [0.29, 0.717) is 5.02 Å². The summed E-state index contributed by atoms with van der Waals surface area (Å²) in [6.45, 7) is 1.69. The Morgan fingerprint density at radius 2 is 2.33 bits per heavy atom. The molecular weight excluding hydrogens is 266 g/mol. The topological polar surface area (TPSA) is 29.3 Å². The zero-order valence-electron chi connectivity index (χ0n) is 9.90. The van der Waals surface area contributed by atoms with Crippen LogP contribution in [0.25, 0.3) is 5.65 Å². The molecule has 0 radical (unpaired) electrons. The van der Waals surface area contributed by atoms with E-state index in [1.807, 2.05) is 28.9 Å². The van der Waals surface area contributed by atoms with Gasteiger partial charge in [0.05, 0.1) is 16.5 Å². The highest BCUT2D eigenvalue weighted by Crippen LogP contribution is 2.11. The van der Waals surface area contributed by atoms with Crippen LogP contribution in [-0.4, -0.2) is 27.4 Å². The number of hydrogen-bond acceptors (Lipinski definition) is 3. The van der Waals surface area contributed by atoms with Crippen LogP contribution in [0.15, 0.2) is 24.5 Å². The van der Waals surface area contributed by atoms with E-state index in [4.69, 9.17) is 18.0 Å². The average Bonchev–Trinajstić information content (AvgIpc) is 2.75. The molecule has 0 spiro atoms. The molecule has 0 atom stereocenters. The van der Waals surface area contributed by atoms with Gasteiger partial charge in [0.2, 0.25) is 0 Å². The average molecular weight is 280 g/mol. The van der Waals surface area contributed by atoms with E-state index in [0.717, 1.165) is 35.9 Å². The second-order valence-electron chi connectivity index (χ2n) is 3.78. The van der Waals surface area contributed by atoms with Gasteiger partial charge in [0.15, 0.2) is 0 Å². The number of halogens is 1. The maximum absolute atomic E-state index is 5.92. The van der Waals surface area contributed by atoms with Crippen LogP contribution < -0.4 is 5.32 Å². The smallest absolute Gasteiger partial charge is 0.137 e. The second kappa shape index (κ2) is 6.69. The largest absolute Gasteiger partial charge is 0.310 e. The standard InChI is InChI=1S/C13H14ClN3S/c1-2-6-18-7-5-15-8-12-10-17-9-11(14)3-4-13(17)16-12/h1,3-4,9-10,15H,5-8H2. The molecule has 18 heavy (non-hydrogen) atoms. The number of fused-ring (bicyclic) bond motifs is 1. The Morgan fingerprint density at radius 1 is 1.44 bits per heavy atom. The maximum Gasteiger partial charge on any atom is 0.137 e. The molecule has 0 saturated carbocycles. The minimum Gasteiger partial charge on any atom is -0.310 e. The van der Waals surface area contributed by atoms with Crippen molar-refractivity contribution >= 4 is 29.0 Å². The zero-order chi connectivity index (χ0) is 12.8. The molecule has 0 bridgehead atoms. The summed E-state index contributed by atoms with van der Waals surface area (Å²) < 4.78 is 1.94. The lowest BCUT2D eigenvalue weighted by molar-refractivity contribution is 0.719. The van der Waals surface area contributed by atoms with E-state index >= 15 is 0 Å². The van der Waals surface area contributed by atoms with Crippen molar-refractivity contribution < 1.29 is 0 Å². The summed E-state index contributed by atoms with van der Waals surface area (Å²) in [6.07, 6.45) is 9.02. The first-order valence-corrected chi connectivity index (χ1v) is 7.18. The molecule has 2 aromatic heterocycles. The van der Waals surface area contributed by atoms with Crippen molar-refractivity contribution in [3.63, 3.8) is 0 Å². The van der Waals surface area contributed by atoms with Gasteiger partial charge in [-0.2, -0.15) is 0 Å². The van der Waals surface area contributed by atoms with Crippen molar-refractivity contribution in [2.45, 2.75) is 6.54 Å². The second-order valence-corrected chi connectivity index (χ2v) is 5.32. The zero-order valence-corrected chi connectivity index (χ0v) is 11.5. The van der Waals surface area contributed by atoms with Crippen LogP contribution in [0.3, 0.4) is 0 Å². The van der Waals surface area contributed by atoms with Gasteiger partial charge in [-0.15, -0.1) is 18.2 Å². The Bertz CT molecular complexity index is 559. The van der Waals surface area contributed by atoms with Gasteiger partial charge in [-0.25, -0.2) is 4.98 Å². The Kier molecular flexibility index (Phi) is 4.94. The molecule has 0 aromatic carbocycles. The molecule has 5 heteroatoms. The molecule has 0 aliphatic carbocycles. The van der Waals surface area contributed by atoms with Crippen molar-refractivity contribution in [3.8, 4) is 12.3 Å². The van der Waals surface area contributed by atoms with Crippen LogP contribution in [0.5, 0.6) is 0 Å². The molecule has 0 aliphatic heterocycles. The number of thioether (sulfide) groups is 1. The van der Waals surface area contributed by atoms with Gasteiger partial charge in [0, 0.05) is 31.2 Å². The van der Waals surface area contributed by atoms with Crippen molar-refractivity contribution in [2.75, 3.05) is 18.1 Å². The molecule has 94 valence electrons. The summed E-state index contributed by atoms with van der Waals surface area (Å²) in [6, 6.07) is 3.76. The molecular formula is C13H14ClN3S. The summed E-state index contributed by atoms with van der Waals surface area (Å²) in [5.74, 6) is 4.40. The van der Waals surface area contributed by atoms with Crippen LogP contribution in [0.1, 0.15) is 5.69 Å². The van der Waals surface area contributed by atoms with Crippen LogP contribution in [0.4, 0.5) is 0 Å². The molecule has 2 rings (SSSR count). The third-order valence-corrected chi connectivity index (χ3v) is 3.47. The third kappa shape index (κ3) is 3.67. The highest BCUT2D eigenvalue weighted by molar-refractivity contribution is 7.99. The monoisotopic (exact) mass is 279 g/mol. The lowest BCUT2D eigenvalue weighted by Crippen LogP contribution is -2.16. The van der Waals surface area contributed by atoms with Gasteiger partial charge in [-0.05, 0) is 12.1 Å². The van der Waals surface area contributed by atoms with Crippen LogP contribution >= 0.6 is 23.4 Å². The first kappa shape index (κ1) is 13.3. The normalized spacial score (nSPS) is 10.7. The Balaban J connectivity index is 1.83. The molecule has 0 fully saturated rings.